The first-order valence-corrected chi connectivity index (χ1v) is 8.13. The van der Waals surface area contributed by atoms with Crippen LogP contribution in [0.3, 0.4) is 0 Å². The second kappa shape index (κ2) is 10.2. The lowest BCUT2D eigenvalue weighted by Gasteiger charge is -2.01. The van der Waals surface area contributed by atoms with Gasteiger partial charge in [-0.15, -0.1) is 0 Å². The quantitative estimate of drug-likeness (QED) is 0.424. The van der Waals surface area contributed by atoms with Crippen molar-refractivity contribution in [2.24, 2.45) is 0 Å². The molecule has 1 rings (SSSR count). The molecule has 0 nitrogen and oxygen atoms in total. The van der Waals surface area contributed by atoms with Gasteiger partial charge in [-0.25, -0.2) is 0 Å². The molecule has 0 amide bonds. The first-order chi connectivity index (χ1) is 7.93. The third kappa shape index (κ3) is 7.34. The summed E-state index contributed by atoms with van der Waals surface area (Å²) < 4.78 is 0. The molecule has 0 aliphatic carbocycles. The van der Waals surface area contributed by atoms with Crippen molar-refractivity contribution >= 4 is 24.0 Å². The Labute approximate surface area is 110 Å². The van der Waals surface area contributed by atoms with Crippen LogP contribution >= 0.6 is 24.0 Å². The number of thiol groups is 1. The van der Waals surface area contributed by atoms with Gasteiger partial charge in [0.15, 0.2) is 0 Å². The van der Waals surface area contributed by atoms with Crippen molar-refractivity contribution in [3.8, 4) is 0 Å². The highest BCUT2D eigenvalue weighted by Gasteiger charge is 1.94. The zero-order valence-electron chi connectivity index (χ0n) is 10.2. The third-order valence-electron chi connectivity index (χ3n) is 2.95. The van der Waals surface area contributed by atoms with Crippen molar-refractivity contribution in [3.05, 3.63) is 22.4 Å². The molecule has 1 aromatic rings. The number of thiophene rings is 1. The van der Waals surface area contributed by atoms with Gasteiger partial charge in [0.1, 0.15) is 0 Å². The summed E-state index contributed by atoms with van der Waals surface area (Å²) in [6.07, 6.45) is 12.4. The Morgan fingerprint density at radius 1 is 0.875 bits per heavy atom. The molecule has 0 fully saturated rings. The second-order valence-electron chi connectivity index (χ2n) is 4.43. The molecule has 0 unspecified atom stereocenters. The largest absolute Gasteiger partial charge is 0.179 e. The van der Waals surface area contributed by atoms with Crippen LogP contribution in [0.1, 0.15) is 56.9 Å². The van der Waals surface area contributed by atoms with Gasteiger partial charge in [-0.1, -0.05) is 38.5 Å². The number of aryl methyl sites for hydroxylation is 1. The van der Waals surface area contributed by atoms with Gasteiger partial charge in [0.05, 0.1) is 0 Å². The Balaban J connectivity index is 1.78. The standard InChI is InChI=1S/C14H24S2/c15-11-8-6-4-2-1-3-5-7-9-14-10-12-16-13-14/h10,12-13,15H,1-9,11H2. The predicted molar refractivity (Wildman–Crippen MR) is 78.8 cm³/mol. The molecule has 0 aromatic carbocycles. The summed E-state index contributed by atoms with van der Waals surface area (Å²) in [7, 11) is 0. The van der Waals surface area contributed by atoms with Crippen molar-refractivity contribution < 1.29 is 0 Å². The summed E-state index contributed by atoms with van der Waals surface area (Å²) in [4.78, 5) is 0. The third-order valence-corrected chi connectivity index (χ3v) is 4.00. The molecule has 92 valence electrons. The van der Waals surface area contributed by atoms with Crippen LogP contribution in [0.4, 0.5) is 0 Å². The number of hydrogen-bond acceptors (Lipinski definition) is 2. The van der Waals surface area contributed by atoms with Crippen LogP contribution in [-0.2, 0) is 6.42 Å². The van der Waals surface area contributed by atoms with Crippen LogP contribution in [0, 0.1) is 0 Å². The van der Waals surface area contributed by atoms with Crippen LogP contribution in [-0.4, -0.2) is 5.75 Å². The highest BCUT2D eigenvalue weighted by atomic mass is 32.1. The predicted octanol–water partition coefficient (Wildman–Crippen LogP) is 5.34. The van der Waals surface area contributed by atoms with Crippen LogP contribution in [0.5, 0.6) is 0 Å². The Morgan fingerprint density at radius 3 is 2.06 bits per heavy atom. The maximum absolute atomic E-state index is 4.22. The molecule has 0 spiro atoms. The van der Waals surface area contributed by atoms with Crippen LogP contribution in [0.25, 0.3) is 0 Å². The molecule has 16 heavy (non-hydrogen) atoms. The minimum atomic E-state index is 1.06. The van der Waals surface area contributed by atoms with E-state index in [-0.39, 0.29) is 0 Å². The number of unbranched alkanes of at least 4 members (excludes halogenated alkanes) is 7. The lowest BCUT2D eigenvalue weighted by Crippen LogP contribution is -1.84. The summed E-state index contributed by atoms with van der Waals surface area (Å²) in [6.45, 7) is 0. The van der Waals surface area contributed by atoms with E-state index in [1.54, 1.807) is 0 Å². The molecule has 0 N–H and O–H groups in total. The molecule has 0 atom stereocenters. The first-order valence-electron chi connectivity index (χ1n) is 6.55. The Bertz CT molecular complexity index is 229. The summed E-state index contributed by atoms with van der Waals surface area (Å²) in [5.41, 5.74) is 1.53. The molecule has 0 aliphatic heterocycles. The summed E-state index contributed by atoms with van der Waals surface area (Å²) in [5, 5.41) is 4.45. The molecule has 1 aromatic heterocycles. The normalized spacial score (nSPS) is 10.8. The number of rotatable bonds is 10. The van der Waals surface area contributed by atoms with Gasteiger partial charge < -0.3 is 0 Å². The highest BCUT2D eigenvalue weighted by molar-refractivity contribution is 7.80. The Morgan fingerprint density at radius 2 is 1.50 bits per heavy atom. The lowest BCUT2D eigenvalue weighted by molar-refractivity contribution is 0.577. The topological polar surface area (TPSA) is 0 Å². The average Bonchev–Trinajstić information content (AvgIpc) is 2.80. The SMILES string of the molecule is SCCCCCCCCCCc1ccsc1. The molecule has 0 radical (unpaired) electrons. The Hall–Kier alpha value is 0.0500. The van der Waals surface area contributed by atoms with E-state index in [2.05, 4.69) is 29.5 Å². The van der Waals surface area contributed by atoms with Crippen LogP contribution in [0.15, 0.2) is 16.8 Å². The van der Waals surface area contributed by atoms with Crippen molar-refractivity contribution in [2.45, 2.75) is 57.8 Å². The molecule has 0 saturated carbocycles. The monoisotopic (exact) mass is 256 g/mol. The minimum absolute atomic E-state index is 1.06. The fourth-order valence-electron chi connectivity index (χ4n) is 1.94. The van der Waals surface area contributed by atoms with Crippen LogP contribution in [0.2, 0.25) is 0 Å². The van der Waals surface area contributed by atoms with E-state index < -0.39 is 0 Å². The highest BCUT2D eigenvalue weighted by Crippen LogP contribution is 2.13. The smallest absolute Gasteiger partial charge is 0.00613 e. The van der Waals surface area contributed by atoms with E-state index in [1.165, 1.54) is 63.4 Å². The van der Waals surface area contributed by atoms with Gasteiger partial charge in [0.25, 0.3) is 0 Å². The fraction of sp³-hybridized carbons (Fsp3) is 0.714. The summed E-state index contributed by atoms with van der Waals surface area (Å²) in [6, 6.07) is 2.25. The molecular formula is C14H24S2. The fourth-order valence-corrected chi connectivity index (χ4v) is 2.86. The van der Waals surface area contributed by atoms with E-state index in [0.717, 1.165) is 5.75 Å². The minimum Gasteiger partial charge on any atom is -0.179 e. The van der Waals surface area contributed by atoms with E-state index in [0.29, 0.717) is 0 Å². The van der Waals surface area contributed by atoms with Gasteiger partial charge in [-0.3, -0.25) is 0 Å². The van der Waals surface area contributed by atoms with Crippen molar-refractivity contribution in [3.63, 3.8) is 0 Å². The van der Waals surface area contributed by atoms with E-state index in [1.807, 2.05) is 11.3 Å². The first kappa shape index (κ1) is 14.1. The maximum atomic E-state index is 4.22. The second-order valence-corrected chi connectivity index (χ2v) is 5.66. The summed E-state index contributed by atoms with van der Waals surface area (Å²) >= 11 is 6.03. The van der Waals surface area contributed by atoms with Gasteiger partial charge in [-0.2, -0.15) is 24.0 Å². The zero-order valence-corrected chi connectivity index (χ0v) is 11.9. The van der Waals surface area contributed by atoms with Crippen molar-refractivity contribution in [1.29, 1.82) is 0 Å². The molecule has 0 saturated heterocycles. The van der Waals surface area contributed by atoms with Gasteiger partial charge in [0.2, 0.25) is 0 Å². The lowest BCUT2D eigenvalue weighted by atomic mass is 10.1. The molecule has 1 heterocycles. The van der Waals surface area contributed by atoms with E-state index in [4.69, 9.17) is 0 Å². The summed E-state index contributed by atoms with van der Waals surface area (Å²) in [5.74, 6) is 1.06. The van der Waals surface area contributed by atoms with Gasteiger partial charge in [-0.05, 0) is 47.4 Å². The van der Waals surface area contributed by atoms with E-state index >= 15 is 0 Å². The average molecular weight is 256 g/mol. The van der Waals surface area contributed by atoms with Gasteiger partial charge in [0, 0.05) is 0 Å². The van der Waals surface area contributed by atoms with Crippen molar-refractivity contribution in [1.82, 2.24) is 0 Å². The molecule has 0 aliphatic rings. The van der Waals surface area contributed by atoms with Crippen molar-refractivity contribution in [2.75, 3.05) is 5.75 Å². The Kier molecular flexibility index (Phi) is 9.01. The van der Waals surface area contributed by atoms with Gasteiger partial charge >= 0.3 is 0 Å². The maximum Gasteiger partial charge on any atom is -0.00613 e. The number of hydrogen-bond donors (Lipinski definition) is 1. The molecule has 2 heteroatoms. The van der Waals surface area contributed by atoms with Crippen LogP contribution < -0.4 is 0 Å². The molecule has 0 bridgehead atoms. The zero-order chi connectivity index (χ0) is 11.5. The molecular weight excluding hydrogens is 232 g/mol. The van der Waals surface area contributed by atoms with E-state index in [9.17, 15) is 0 Å².